The van der Waals surface area contributed by atoms with Gasteiger partial charge in [-0.05, 0) is 73.2 Å². The highest BCUT2D eigenvalue weighted by Gasteiger charge is 2.60. The van der Waals surface area contributed by atoms with Crippen LogP contribution in [0.3, 0.4) is 0 Å². The van der Waals surface area contributed by atoms with Crippen LogP contribution in [0.5, 0.6) is 11.6 Å². The molecule has 0 amide bonds. The van der Waals surface area contributed by atoms with E-state index in [2.05, 4.69) is 4.98 Å². The van der Waals surface area contributed by atoms with Crippen molar-refractivity contribution >= 4 is 5.97 Å². The highest BCUT2D eigenvalue weighted by molar-refractivity contribution is 5.79. The Morgan fingerprint density at radius 2 is 1.95 bits per heavy atom. The highest BCUT2D eigenvalue weighted by Crippen LogP contribution is 2.62. The van der Waals surface area contributed by atoms with E-state index in [9.17, 15) is 14.3 Å². The monoisotopic (exact) mass is 561 g/mol. The van der Waals surface area contributed by atoms with Crippen molar-refractivity contribution in [2.75, 3.05) is 19.8 Å². The molecule has 8 nitrogen and oxygen atoms in total. The van der Waals surface area contributed by atoms with Crippen molar-refractivity contribution < 1.29 is 38.0 Å². The maximum atomic E-state index is 14.8. The molecule has 1 aromatic heterocycles. The molecule has 1 saturated carbocycles. The normalized spacial score (nSPS) is 29.0. The van der Waals surface area contributed by atoms with Gasteiger partial charge in [-0.3, -0.25) is 4.79 Å². The van der Waals surface area contributed by atoms with Crippen molar-refractivity contribution in [3.63, 3.8) is 0 Å². The number of hydrogen-bond acceptors (Lipinski definition) is 8. The summed E-state index contributed by atoms with van der Waals surface area (Å²) in [4.78, 5) is 16.8. The number of ether oxygens (including phenoxy) is 5. The maximum Gasteiger partial charge on any atom is 0.309 e. The third kappa shape index (κ3) is 4.75. The van der Waals surface area contributed by atoms with E-state index in [0.717, 1.165) is 23.2 Å². The van der Waals surface area contributed by atoms with Gasteiger partial charge in [-0.2, -0.15) is 0 Å². The zero-order valence-corrected chi connectivity index (χ0v) is 22.9. The predicted octanol–water partition coefficient (Wildman–Crippen LogP) is 4.13. The summed E-state index contributed by atoms with van der Waals surface area (Å²) in [6, 6.07) is 14.6. The fraction of sp³-hybridized carbons (Fsp3) is 0.438. The van der Waals surface area contributed by atoms with Crippen LogP contribution in [0.15, 0.2) is 48.5 Å². The second kappa shape index (κ2) is 10.4. The Hall–Kier alpha value is -3.53. The molecule has 7 rings (SSSR count). The van der Waals surface area contributed by atoms with Crippen LogP contribution in [-0.4, -0.2) is 60.3 Å². The number of aliphatic hydroxyl groups is 1. The number of esters is 1. The molecule has 2 aromatic carbocycles. The fourth-order valence-electron chi connectivity index (χ4n) is 6.66. The Morgan fingerprint density at radius 3 is 2.78 bits per heavy atom. The number of rotatable bonds is 8. The molecule has 214 valence electrons. The molecule has 3 heterocycles. The molecular weight excluding hydrogens is 529 g/mol. The number of aromatic nitrogens is 1. The van der Waals surface area contributed by atoms with Crippen molar-refractivity contribution in [3.05, 3.63) is 76.7 Å². The molecule has 4 aliphatic rings. The van der Waals surface area contributed by atoms with Crippen molar-refractivity contribution in [2.24, 2.45) is 11.8 Å². The maximum absolute atomic E-state index is 14.8. The van der Waals surface area contributed by atoms with Gasteiger partial charge in [-0.25, -0.2) is 9.37 Å². The Kier molecular flexibility index (Phi) is 6.68. The van der Waals surface area contributed by atoms with Gasteiger partial charge in [0.25, 0.3) is 0 Å². The standard InChI is InChI=1S/C32H32FNO7/c1-3-37-32(36)29-23-12-18-11-20(5-6-22(18)28(23)29)38-13-19-10-17(4-8-24(19)33)21-7-9-27(34-16(21)2)41-26-15-40-30-25(35)14-39-31(26)30/h4-11,23,25-26,28-31,35H,3,12-15H2,1-2H3/t23-,25+,26-,28+,29+,30-,31-/m1/s1. The summed E-state index contributed by atoms with van der Waals surface area (Å²) in [5, 5.41) is 9.95. The van der Waals surface area contributed by atoms with Gasteiger partial charge in [0.1, 0.15) is 36.5 Å². The lowest BCUT2D eigenvalue weighted by Crippen LogP contribution is -2.34. The van der Waals surface area contributed by atoms with Gasteiger partial charge >= 0.3 is 5.97 Å². The second-order valence-electron chi connectivity index (χ2n) is 11.2. The molecule has 0 spiro atoms. The van der Waals surface area contributed by atoms with Crippen molar-refractivity contribution in [1.82, 2.24) is 4.98 Å². The van der Waals surface area contributed by atoms with E-state index in [-0.39, 0.29) is 55.1 Å². The first-order valence-electron chi connectivity index (χ1n) is 14.2. The number of carbonyl (C=O) groups is 1. The molecule has 9 heteroatoms. The number of hydrogen-bond donors (Lipinski definition) is 1. The third-order valence-electron chi connectivity index (χ3n) is 8.72. The lowest BCUT2D eigenvalue weighted by atomic mass is 10.0. The lowest BCUT2D eigenvalue weighted by molar-refractivity contribution is -0.145. The quantitative estimate of drug-likeness (QED) is 0.411. The summed E-state index contributed by atoms with van der Waals surface area (Å²) in [6.07, 6.45) is -0.828. The van der Waals surface area contributed by atoms with Gasteiger partial charge < -0.3 is 28.8 Å². The number of benzene rings is 2. The Bertz CT molecular complexity index is 1490. The molecule has 0 bridgehead atoms. The van der Waals surface area contributed by atoms with Gasteiger partial charge in [0.05, 0.1) is 25.7 Å². The second-order valence-corrected chi connectivity index (χ2v) is 11.2. The van der Waals surface area contributed by atoms with Crippen LogP contribution in [0.2, 0.25) is 0 Å². The van der Waals surface area contributed by atoms with Gasteiger partial charge in [0.2, 0.25) is 5.88 Å². The highest BCUT2D eigenvalue weighted by atomic mass is 19.1. The summed E-state index contributed by atoms with van der Waals surface area (Å²) >= 11 is 0. The van der Waals surface area contributed by atoms with Crippen LogP contribution in [0.4, 0.5) is 4.39 Å². The van der Waals surface area contributed by atoms with Crippen LogP contribution in [0.25, 0.3) is 11.1 Å². The number of nitrogens with zero attached hydrogens (tertiary/aromatic N) is 1. The zero-order chi connectivity index (χ0) is 28.2. The van der Waals surface area contributed by atoms with Gasteiger partial charge in [-0.15, -0.1) is 0 Å². The molecule has 2 aliphatic carbocycles. The van der Waals surface area contributed by atoms with Crippen LogP contribution >= 0.6 is 0 Å². The fourth-order valence-corrected chi connectivity index (χ4v) is 6.66. The van der Waals surface area contributed by atoms with E-state index < -0.39 is 6.10 Å². The Balaban J connectivity index is 1.01. The minimum Gasteiger partial charge on any atom is -0.489 e. The van der Waals surface area contributed by atoms with Gasteiger partial charge in [-0.1, -0.05) is 12.1 Å². The van der Waals surface area contributed by atoms with Crippen LogP contribution < -0.4 is 9.47 Å². The third-order valence-corrected chi connectivity index (χ3v) is 8.72. The Morgan fingerprint density at radius 1 is 1.10 bits per heavy atom. The van der Waals surface area contributed by atoms with E-state index in [4.69, 9.17) is 23.7 Å². The first kappa shape index (κ1) is 26.4. The van der Waals surface area contributed by atoms with Crippen LogP contribution in [-0.2, 0) is 32.0 Å². The molecule has 41 heavy (non-hydrogen) atoms. The molecule has 7 atom stereocenters. The number of fused-ring (bicyclic) bond motifs is 4. The van der Waals surface area contributed by atoms with E-state index >= 15 is 0 Å². The largest absolute Gasteiger partial charge is 0.489 e. The first-order valence-corrected chi connectivity index (χ1v) is 14.2. The van der Waals surface area contributed by atoms with Gasteiger partial charge in [0.15, 0.2) is 6.10 Å². The molecule has 0 unspecified atom stereocenters. The lowest BCUT2D eigenvalue weighted by Gasteiger charge is -2.18. The van der Waals surface area contributed by atoms with E-state index in [1.54, 1.807) is 18.2 Å². The molecule has 2 saturated heterocycles. The summed E-state index contributed by atoms with van der Waals surface area (Å²) in [5.74, 6) is 1.22. The summed E-state index contributed by atoms with van der Waals surface area (Å²) in [5.41, 5.74) is 5.25. The number of carbonyl (C=O) groups excluding carboxylic acids is 1. The van der Waals surface area contributed by atoms with Crippen LogP contribution in [0.1, 0.15) is 35.2 Å². The molecule has 0 radical (unpaired) electrons. The van der Waals surface area contributed by atoms with Crippen LogP contribution in [0, 0.1) is 24.6 Å². The minimum absolute atomic E-state index is 0.0240. The molecule has 3 aromatic rings. The summed E-state index contributed by atoms with van der Waals surface area (Å²) in [7, 11) is 0. The molecule has 3 fully saturated rings. The number of halogens is 1. The number of pyridine rings is 1. The summed E-state index contributed by atoms with van der Waals surface area (Å²) in [6.45, 7) is 4.77. The van der Waals surface area contributed by atoms with Gasteiger partial charge in [0, 0.05) is 28.8 Å². The predicted molar refractivity (Wildman–Crippen MR) is 145 cm³/mol. The first-order chi connectivity index (χ1) is 19.9. The number of aryl methyl sites for hydroxylation is 1. The molecular formula is C32H32FNO7. The minimum atomic E-state index is -0.638. The van der Waals surface area contributed by atoms with Crippen molar-refractivity contribution in [1.29, 1.82) is 0 Å². The zero-order valence-electron chi connectivity index (χ0n) is 22.9. The topological polar surface area (TPSA) is 96.3 Å². The van der Waals surface area contributed by atoms with E-state index in [1.165, 1.54) is 17.2 Å². The number of aliphatic hydroxyl groups excluding tert-OH is 1. The summed E-state index contributed by atoms with van der Waals surface area (Å²) < 4.78 is 43.3. The molecule has 1 N–H and O–H groups in total. The Labute approximate surface area is 237 Å². The van der Waals surface area contributed by atoms with Crippen molar-refractivity contribution in [3.8, 4) is 22.8 Å². The van der Waals surface area contributed by atoms with E-state index in [0.29, 0.717) is 36.3 Å². The molecule has 2 aliphatic heterocycles. The smallest absolute Gasteiger partial charge is 0.309 e. The average molecular weight is 562 g/mol. The van der Waals surface area contributed by atoms with Crippen molar-refractivity contribution in [2.45, 2.75) is 57.2 Å². The average Bonchev–Trinajstić information content (AvgIpc) is 3.21. The van der Waals surface area contributed by atoms with E-state index in [1.807, 2.05) is 38.1 Å². The SMILES string of the molecule is CCOC(=O)[C@H]1[C@@H]2Cc3cc(OCc4cc(-c5ccc(O[C@@H]6CO[C@H]7[C@@H]6OC[C@@H]7O)nc5C)ccc4F)ccc3[C@@H]21.